The summed E-state index contributed by atoms with van der Waals surface area (Å²) in [5.41, 5.74) is 0.862. The number of aromatic hydroxyl groups is 1. The van der Waals surface area contributed by atoms with Crippen molar-refractivity contribution in [2.24, 2.45) is 0 Å². The molecule has 1 aliphatic rings. The number of rotatable bonds is 3. The second-order valence-electron chi connectivity index (χ2n) is 5.06. The standard InChI is InChI=1S/C14H14N4O2S/c19-10-5-2-1-4-9(10)8-12-17-18-13(11-6-3-7-20-11)15-16-14(18)21-12/h1-2,4-5,11,19H,3,6-8H2. The zero-order valence-corrected chi connectivity index (χ0v) is 12.1. The van der Waals surface area contributed by atoms with E-state index in [1.54, 1.807) is 10.6 Å². The first-order chi connectivity index (χ1) is 10.3. The van der Waals surface area contributed by atoms with Crippen molar-refractivity contribution in [3.05, 3.63) is 40.7 Å². The molecule has 4 rings (SSSR count). The second-order valence-corrected chi connectivity index (χ2v) is 6.10. The normalized spacial score (nSPS) is 18.6. The average Bonchev–Trinajstić information content (AvgIpc) is 3.17. The van der Waals surface area contributed by atoms with E-state index < -0.39 is 0 Å². The summed E-state index contributed by atoms with van der Waals surface area (Å²) >= 11 is 1.49. The highest BCUT2D eigenvalue weighted by atomic mass is 32.1. The van der Waals surface area contributed by atoms with Gasteiger partial charge < -0.3 is 9.84 Å². The lowest BCUT2D eigenvalue weighted by Gasteiger charge is -2.04. The van der Waals surface area contributed by atoms with E-state index in [0.717, 1.165) is 40.8 Å². The molecule has 108 valence electrons. The number of hydrogen-bond donors (Lipinski definition) is 1. The number of hydrogen-bond acceptors (Lipinski definition) is 6. The monoisotopic (exact) mass is 302 g/mol. The summed E-state index contributed by atoms with van der Waals surface area (Å²) in [5, 5.41) is 23.7. The lowest BCUT2D eigenvalue weighted by Crippen LogP contribution is -2.04. The Morgan fingerprint density at radius 1 is 1.33 bits per heavy atom. The number of benzene rings is 1. The van der Waals surface area contributed by atoms with Crippen LogP contribution in [0.1, 0.15) is 35.3 Å². The van der Waals surface area contributed by atoms with Crippen LogP contribution in [0.25, 0.3) is 4.96 Å². The number of para-hydroxylation sites is 1. The van der Waals surface area contributed by atoms with Gasteiger partial charge in [0.15, 0.2) is 5.82 Å². The van der Waals surface area contributed by atoms with E-state index in [1.807, 2.05) is 18.2 Å². The van der Waals surface area contributed by atoms with Crippen LogP contribution in [0.4, 0.5) is 0 Å². The summed E-state index contributed by atoms with van der Waals surface area (Å²) in [4.78, 5) is 0.769. The summed E-state index contributed by atoms with van der Waals surface area (Å²) < 4.78 is 7.43. The summed E-state index contributed by atoms with van der Waals surface area (Å²) in [6, 6.07) is 7.31. The van der Waals surface area contributed by atoms with Gasteiger partial charge >= 0.3 is 0 Å². The molecule has 7 heteroatoms. The van der Waals surface area contributed by atoms with E-state index in [2.05, 4.69) is 15.3 Å². The van der Waals surface area contributed by atoms with Crippen molar-refractivity contribution in [1.82, 2.24) is 19.8 Å². The zero-order chi connectivity index (χ0) is 14.2. The van der Waals surface area contributed by atoms with Crippen molar-refractivity contribution >= 4 is 16.3 Å². The highest BCUT2D eigenvalue weighted by Gasteiger charge is 2.25. The Kier molecular flexibility index (Phi) is 3.08. The summed E-state index contributed by atoms with van der Waals surface area (Å²) in [6.45, 7) is 0.772. The van der Waals surface area contributed by atoms with Crippen LogP contribution < -0.4 is 0 Å². The maximum atomic E-state index is 9.85. The molecule has 0 aliphatic carbocycles. The van der Waals surface area contributed by atoms with Crippen molar-refractivity contribution in [2.45, 2.75) is 25.4 Å². The molecule has 6 nitrogen and oxygen atoms in total. The first kappa shape index (κ1) is 12.7. The number of phenols is 1. The molecule has 0 amide bonds. The fraction of sp³-hybridized carbons (Fsp3) is 0.357. The van der Waals surface area contributed by atoms with Crippen LogP contribution >= 0.6 is 11.3 Å². The molecule has 1 unspecified atom stereocenters. The number of ether oxygens (including phenoxy) is 1. The smallest absolute Gasteiger partial charge is 0.234 e. The molecule has 2 aromatic heterocycles. The first-order valence-electron chi connectivity index (χ1n) is 6.91. The Morgan fingerprint density at radius 3 is 3.05 bits per heavy atom. The highest BCUT2D eigenvalue weighted by molar-refractivity contribution is 7.16. The third-order valence-electron chi connectivity index (χ3n) is 3.61. The van der Waals surface area contributed by atoms with Gasteiger partial charge in [0.2, 0.25) is 4.96 Å². The predicted octanol–water partition coefficient (Wildman–Crippen LogP) is 2.33. The first-order valence-corrected chi connectivity index (χ1v) is 7.72. The minimum absolute atomic E-state index is 0.0000723. The molecule has 0 saturated carbocycles. The van der Waals surface area contributed by atoms with Crippen molar-refractivity contribution in [1.29, 1.82) is 0 Å². The van der Waals surface area contributed by atoms with Crippen LogP contribution in [-0.2, 0) is 11.2 Å². The molecule has 1 aromatic carbocycles. The molecule has 1 atom stereocenters. The van der Waals surface area contributed by atoms with Crippen LogP contribution in [0.5, 0.6) is 5.75 Å². The molecule has 21 heavy (non-hydrogen) atoms. The molecular weight excluding hydrogens is 288 g/mol. The lowest BCUT2D eigenvalue weighted by molar-refractivity contribution is 0.103. The maximum absolute atomic E-state index is 9.85. The number of fused-ring (bicyclic) bond motifs is 1. The molecule has 0 bridgehead atoms. The predicted molar refractivity (Wildman–Crippen MR) is 77.5 cm³/mol. The van der Waals surface area contributed by atoms with Crippen LogP contribution in [0, 0.1) is 0 Å². The fourth-order valence-corrected chi connectivity index (χ4v) is 3.41. The maximum Gasteiger partial charge on any atom is 0.234 e. The van der Waals surface area contributed by atoms with Gasteiger partial charge in [-0.3, -0.25) is 0 Å². The van der Waals surface area contributed by atoms with Gasteiger partial charge in [0.05, 0.1) is 0 Å². The molecular formula is C14H14N4O2S. The van der Waals surface area contributed by atoms with Gasteiger partial charge in [0, 0.05) is 18.6 Å². The summed E-state index contributed by atoms with van der Waals surface area (Å²) in [5.74, 6) is 1.07. The minimum atomic E-state index is 0.0000723. The van der Waals surface area contributed by atoms with Gasteiger partial charge in [-0.2, -0.15) is 9.61 Å². The van der Waals surface area contributed by atoms with Gasteiger partial charge in [-0.05, 0) is 18.9 Å². The van der Waals surface area contributed by atoms with Gasteiger partial charge in [-0.25, -0.2) is 0 Å². The quantitative estimate of drug-likeness (QED) is 0.804. The molecule has 1 aliphatic heterocycles. The average molecular weight is 302 g/mol. The molecule has 1 N–H and O–H groups in total. The number of aromatic nitrogens is 4. The Labute approximate surface area is 125 Å². The van der Waals surface area contributed by atoms with Gasteiger partial charge in [-0.15, -0.1) is 10.2 Å². The summed E-state index contributed by atoms with van der Waals surface area (Å²) in [7, 11) is 0. The van der Waals surface area contributed by atoms with Gasteiger partial charge in [0.25, 0.3) is 0 Å². The van der Waals surface area contributed by atoms with E-state index in [-0.39, 0.29) is 6.10 Å². The Bertz CT molecular complexity index is 776. The molecule has 1 fully saturated rings. The lowest BCUT2D eigenvalue weighted by atomic mass is 10.1. The SMILES string of the molecule is Oc1ccccc1Cc1nn2c(C3CCCO3)nnc2s1. The van der Waals surface area contributed by atoms with E-state index in [9.17, 15) is 5.11 Å². The van der Waals surface area contributed by atoms with Crippen LogP contribution in [0.15, 0.2) is 24.3 Å². The largest absolute Gasteiger partial charge is 0.508 e. The van der Waals surface area contributed by atoms with Crippen LogP contribution in [-0.4, -0.2) is 31.5 Å². The van der Waals surface area contributed by atoms with Crippen molar-refractivity contribution in [3.63, 3.8) is 0 Å². The Balaban J connectivity index is 1.66. The number of nitrogens with zero attached hydrogens (tertiary/aromatic N) is 4. The van der Waals surface area contributed by atoms with Crippen LogP contribution in [0.3, 0.4) is 0 Å². The van der Waals surface area contributed by atoms with Gasteiger partial charge in [-0.1, -0.05) is 29.5 Å². The minimum Gasteiger partial charge on any atom is -0.508 e. The number of phenolic OH excluding ortho intramolecular Hbond substituents is 1. The molecule has 0 spiro atoms. The topological polar surface area (TPSA) is 72.5 Å². The van der Waals surface area contributed by atoms with E-state index in [1.165, 1.54) is 11.3 Å². The zero-order valence-electron chi connectivity index (χ0n) is 11.3. The fourth-order valence-electron chi connectivity index (χ4n) is 2.55. The molecule has 1 saturated heterocycles. The third kappa shape index (κ3) is 2.28. The Hall–Kier alpha value is -1.99. The van der Waals surface area contributed by atoms with Crippen LogP contribution in [0.2, 0.25) is 0 Å². The van der Waals surface area contributed by atoms with Crippen molar-refractivity contribution in [2.75, 3.05) is 6.61 Å². The summed E-state index contributed by atoms with van der Waals surface area (Å²) in [6.07, 6.45) is 2.60. The molecule has 3 aromatic rings. The molecule has 0 radical (unpaired) electrons. The molecule has 3 heterocycles. The van der Waals surface area contributed by atoms with E-state index in [4.69, 9.17) is 4.74 Å². The van der Waals surface area contributed by atoms with E-state index in [0.29, 0.717) is 12.2 Å². The third-order valence-corrected chi connectivity index (χ3v) is 4.51. The van der Waals surface area contributed by atoms with Crippen molar-refractivity contribution < 1.29 is 9.84 Å². The van der Waals surface area contributed by atoms with E-state index >= 15 is 0 Å². The van der Waals surface area contributed by atoms with Crippen molar-refractivity contribution in [3.8, 4) is 5.75 Å². The second kappa shape index (κ2) is 5.09. The highest BCUT2D eigenvalue weighted by Crippen LogP contribution is 2.29. The van der Waals surface area contributed by atoms with Gasteiger partial charge in [0.1, 0.15) is 16.9 Å². The Morgan fingerprint density at radius 2 is 2.24 bits per heavy atom.